The second-order valence-electron chi connectivity index (χ2n) is 6.95. The Labute approximate surface area is 185 Å². The van der Waals surface area contributed by atoms with E-state index in [0.717, 1.165) is 10.6 Å². The molecule has 2 amide bonds. The van der Waals surface area contributed by atoms with Gasteiger partial charge in [0.1, 0.15) is 36.9 Å². The van der Waals surface area contributed by atoms with Crippen molar-refractivity contribution in [1.82, 2.24) is 4.90 Å². The predicted molar refractivity (Wildman–Crippen MR) is 116 cm³/mol. The van der Waals surface area contributed by atoms with Gasteiger partial charge in [-0.25, -0.2) is 4.79 Å². The van der Waals surface area contributed by atoms with E-state index in [4.69, 9.17) is 14.2 Å². The highest BCUT2D eigenvalue weighted by atomic mass is 16.5. The summed E-state index contributed by atoms with van der Waals surface area (Å²) >= 11 is 0. The summed E-state index contributed by atoms with van der Waals surface area (Å²) in [6.07, 6.45) is 0. The van der Waals surface area contributed by atoms with Gasteiger partial charge in [-0.2, -0.15) is 0 Å². The van der Waals surface area contributed by atoms with Crippen LogP contribution in [0.5, 0.6) is 11.5 Å². The fourth-order valence-corrected chi connectivity index (χ4v) is 3.34. The zero-order valence-corrected chi connectivity index (χ0v) is 17.2. The van der Waals surface area contributed by atoms with Crippen LogP contribution in [-0.4, -0.2) is 49.0 Å². The van der Waals surface area contributed by atoms with Crippen molar-refractivity contribution < 1.29 is 28.6 Å². The first-order chi connectivity index (χ1) is 15.6. The number of nitrogens with zero attached hydrogens (tertiary/aromatic N) is 1. The van der Waals surface area contributed by atoms with Crippen molar-refractivity contribution in [2.45, 2.75) is 0 Å². The lowest BCUT2D eigenvalue weighted by atomic mass is 10.1. The molecule has 1 aliphatic rings. The molecule has 0 fully saturated rings. The molecule has 0 saturated heterocycles. The first-order valence-electron chi connectivity index (χ1n) is 10.2. The lowest BCUT2D eigenvalue weighted by Gasteiger charge is -2.15. The molecular formula is C25H21NO6. The SMILES string of the molecule is O=C(OCCN1C(=O)c2ccccc2C1=O)c1ccccc1OCCOc1ccccc1. The summed E-state index contributed by atoms with van der Waals surface area (Å²) in [5, 5.41) is 0. The van der Waals surface area contributed by atoms with E-state index in [1.807, 2.05) is 30.3 Å². The van der Waals surface area contributed by atoms with Crippen molar-refractivity contribution in [2.75, 3.05) is 26.4 Å². The average Bonchev–Trinajstić information content (AvgIpc) is 3.08. The summed E-state index contributed by atoms with van der Waals surface area (Å²) < 4.78 is 16.6. The Hall–Kier alpha value is -4.13. The molecule has 1 heterocycles. The van der Waals surface area contributed by atoms with Gasteiger partial charge in [0.2, 0.25) is 0 Å². The highest BCUT2D eigenvalue weighted by molar-refractivity contribution is 6.21. The molecule has 3 aromatic rings. The van der Waals surface area contributed by atoms with Crippen molar-refractivity contribution >= 4 is 17.8 Å². The second-order valence-corrected chi connectivity index (χ2v) is 6.95. The van der Waals surface area contributed by atoms with E-state index in [9.17, 15) is 14.4 Å². The van der Waals surface area contributed by atoms with Crippen LogP contribution in [-0.2, 0) is 4.74 Å². The van der Waals surface area contributed by atoms with Crippen LogP contribution in [0.1, 0.15) is 31.1 Å². The van der Waals surface area contributed by atoms with Gasteiger partial charge in [-0.15, -0.1) is 0 Å². The summed E-state index contributed by atoms with van der Waals surface area (Å²) in [5.74, 6) is -0.263. The minimum absolute atomic E-state index is 0.0218. The molecular weight excluding hydrogens is 410 g/mol. The lowest BCUT2D eigenvalue weighted by molar-refractivity contribution is 0.0416. The van der Waals surface area contributed by atoms with Gasteiger partial charge >= 0.3 is 5.97 Å². The number of hydrogen-bond donors (Lipinski definition) is 0. The first-order valence-corrected chi connectivity index (χ1v) is 10.2. The zero-order valence-electron chi connectivity index (χ0n) is 17.2. The van der Waals surface area contributed by atoms with Crippen LogP contribution < -0.4 is 9.47 Å². The van der Waals surface area contributed by atoms with Crippen molar-refractivity contribution in [2.24, 2.45) is 0 Å². The third kappa shape index (κ3) is 4.62. The Bertz CT molecular complexity index is 1090. The van der Waals surface area contributed by atoms with Gasteiger partial charge in [0.25, 0.3) is 11.8 Å². The van der Waals surface area contributed by atoms with Gasteiger partial charge in [0, 0.05) is 0 Å². The second kappa shape index (κ2) is 9.78. The largest absolute Gasteiger partial charge is 0.490 e. The molecule has 7 nitrogen and oxygen atoms in total. The number of fused-ring (bicyclic) bond motifs is 1. The number of esters is 1. The fourth-order valence-electron chi connectivity index (χ4n) is 3.34. The van der Waals surface area contributed by atoms with Crippen LogP contribution in [0, 0.1) is 0 Å². The molecule has 3 aromatic carbocycles. The van der Waals surface area contributed by atoms with Gasteiger partial charge in [-0.3, -0.25) is 14.5 Å². The molecule has 0 unspecified atom stereocenters. The third-order valence-corrected chi connectivity index (χ3v) is 4.89. The van der Waals surface area contributed by atoms with Crippen LogP contribution in [0.3, 0.4) is 0 Å². The Balaban J connectivity index is 1.28. The fraction of sp³-hybridized carbons (Fsp3) is 0.160. The Kier molecular flexibility index (Phi) is 6.46. The number of hydrogen-bond acceptors (Lipinski definition) is 6. The molecule has 32 heavy (non-hydrogen) atoms. The van der Waals surface area contributed by atoms with Crippen molar-refractivity contribution in [3.63, 3.8) is 0 Å². The summed E-state index contributed by atoms with van der Waals surface area (Å²) in [7, 11) is 0. The van der Waals surface area contributed by atoms with Crippen molar-refractivity contribution in [3.8, 4) is 11.5 Å². The quantitative estimate of drug-likeness (QED) is 0.293. The smallest absolute Gasteiger partial charge is 0.341 e. The van der Waals surface area contributed by atoms with E-state index in [2.05, 4.69) is 0 Å². The maximum atomic E-state index is 12.6. The van der Waals surface area contributed by atoms with E-state index >= 15 is 0 Å². The number of carbonyl (C=O) groups excluding carboxylic acids is 3. The highest BCUT2D eigenvalue weighted by Gasteiger charge is 2.34. The molecule has 0 spiro atoms. The molecule has 0 atom stereocenters. The molecule has 0 bridgehead atoms. The monoisotopic (exact) mass is 431 g/mol. The van der Waals surface area contributed by atoms with E-state index in [1.165, 1.54) is 0 Å². The Morgan fingerprint density at radius 3 is 2.00 bits per heavy atom. The minimum Gasteiger partial charge on any atom is -0.490 e. The van der Waals surface area contributed by atoms with Gasteiger partial charge in [0.15, 0.2) is 0 Å². The van der Waals surface area contributed by atoms with Gasteiger partial charge in [0.05, 0.1) is 17.7 Å². The maximum Gasteiger partial charge on any atom is 0.341 e. The molecule has 0 radical (unpaired) electrons. The predicted octanol–water partition coefficient (Wildman–Crippen LogP) is 3.60. The summed E-state index contributed by atoms with van der Waals surface area (Å²) in [6, 6.07) is 22.7. The number of carbonyl (C=O) groups is 3. The Morgan fingerprint density at radius 1 is 0.688 bits per heavy atom. The number of amides is 2. The molecule has 0 aliphatic carbocycles. The van der Waals surface area contributed by atoms with E-state index in [-0.39, 0.29) is 37.1 Å². The average molecular weight is 431 g/mol. The van der Waals surface area contributed by atoms with E-state index in [1.54, 1.807) is 48.5 Å². The topological polar surface area (TPSA) is 82.1 Å². The van der Waals surface area contributed by atoms with Crippen LogP contribution >= 0.6 is 0 Å². The molecule has 0 N–H and O–H groups in total. The summed E-state index contributed by atoms with van der Waals surface area (Å²) in [6.45, 7) is 0.420. The van der Waals surface area contributed by atoms with E-state index in [0.29, 0.717) is 23.5 Å². The molecule has 7 heteroatoms. The summed E-state index contributed by atoms with van der Waals surface area (Å²) in [5.41, 5.74) is 0.982. The van der Waals surface area contributed by atoms with Crippen LogP contribution in [0.15, 0.2) is 78.9 Å². The van der Waals surface area contributed by atoms with Crippen LogP contribution in [0.25, 0.3) is 0 Å². The van der Waals surface area contributed by atoms with Gasteiger partial charge in [-0.1, -0.05) is 42.5 Å². The lowest BCUT2D eigenvalue weighted by Crippen LogP contribution is -2.33. The van der Waals surface area contributed by atoms with Crippen molar-refractivity contribution in [1.29, 1.82) is 0 Å². The van der Waals surface area contributed by atoms with E-state index < -0.39 is 5.97 Å². The van der Waals surface area contributed by atoms with Crippen molar-refractivity contribution in [3.05, 3.63) is 95.6 Å². The molecule has 162 valence electrons. The minimum atomic E-state index is -0.596. The third-order valence-electron chi connectivity index (χ3n) is 4.89. The number of para-hydroxylation sites is 2. The number of ether oxygens (including phenoxy) is 3. The van der Waals surface area contributed by atoms with Crippen LogP contribution in [0.2, 0.25) is 0 Å². The highest BCUT2D eigenvalue weighted by Crippen LogP contribution is 2.23. The zero-order chi connectivity index (χ0) is 22.3. The van der Waals surface area contributed by atoms with Gasteiger partial charge < -0.3 is 14.2 Å². The molecule has 1 aliphatic heterocycles. The maximum absolute atomic E-state index is 12.6. The Morgan fingerprint density at radius 2 is 1.28 bits per heavy atom. The normalized spacial score (nSPS) is 12.4. The molecule has 0 aromatic heterocycles. The van der Waals surface area contributed by atoms with Crippen LogP contribution in [0.4, 0.5) is 0 Å². The molecule has 4 rings (SSSR count). The molecule has 0 saturated carbocycles. The summed E-state index contributed by atoms with van der Waals surface area (Å²) in [4.78, 5) is 38.4. The standard InChI is InChI=1S/C25H21NO6/c27-23-19-10-4-5-11-20(19)24(28)26(23)14-15-32-25(29)21-12-6-7-13-22(21)31-17-16-30-18-8-2-1-3-9-18/h1-13H,14-17H2. The van der Waals surface area contributed by atoms with Gasteiger partial charge in [-0.05, 0) is 36.4 Å². The number of imide groups is 1. The first kappa shape index (κ1) is 21.1. The number of rotatable bonds is 9. The number of benzene rings is 3.